The molecule has 1 N–H and O–H groups in total. The van der Waals surface area contributed by atoms with E-state index in [2.05, 4.69) is 10.3 Å². The summed E-state index contributed by atoms with van der Waals surface area (Å²) in [6, 6.07) is 10.5. The van der Waals surface area contributed by atoms with Gasteiger partial charge >= 0.3 is 0 Å². The minimum Gasteiger partial charge on any atom is -0.454 e. The Hall–Kier alpha value is -2.16. The van der Waals surface area contributed by atoms with Crippen molar-refractivity contribution in [1.29, 1.82) is 0 Å². The van der Waals surface area contributed by atoms with Crippen LogP contribution in [0, 0.1) is 5.82 Å². The summed E-state index contributed by atoms with van der Waals surface area (Å²) in [5.41, 5.74) is 0.856. The number of hydrogen-bond acceptors (Lipinski definition) is 6. The first-order valence-corrected chi connectivity index (χ1v) is 10.5. The van der Waals surface area contributed by atoms with E-state index in [0.29, 0.717) is 16.8 Å². The smallest absolute Gasteiger partial charge is 0.183 e. The lowest BCUT2D eigenvalue weighted by atomic mass is 10.3. The molecule has 0 saturated carbocycles. The van der Waals surface area contributed by atoms with Crippen molar-refractivity contribution < 1.29 is 17.5 Å². The number of aromatic nitrogens is 1. The Balaban J connectivity index is 1.65. The SMILES string of the molecule is CS(=O)(=O)c1ccc(Oc2ccc(NCc3cnc(Cl)s3)cc2)c(F)c1. The third kappa shape index (κ3) is 4.72. The molecule has 1 aromatic heterocycles. The topological polar surface area (TPSA) is 68.3 Å². The third-order valence-electron chi connectivity index (χ3n) is 3.41. The van der Waals surface area contributed by atoms with Crippen molar-refractivity contribution in [3.05, 3.63) is 63.8 Å². The van der Waals surface area contributed by atoms with E-state index < -0.39 is 15.7 Å². The monoisotopic (exact) mass is 412 g/mol. The highest BCUT2D eigenvalue weighted by Gasteiger charge is 2.12. The zero-order chi connectivity index (χ0) is 18.7. The first-order chi connectivity index (χ1) is 12.3. The van der Waals surface area contributed by atoms with Crippen LogP contribution in [0.3, 0.4) is 0 Å². The van der Waals surface area contributed by atoms with E-state index in [1.54, 1.807) is 30.5 Å². The summed E-state index contributed by atoms with van der Waals surface area (Å²) in [6.07, 6.45) is 2.73. The van der Waals surface area contributed by atoms with Crippen LogP contribution in [-0.2, 0) is 16.4 Å². The quantitative estimate of drug-likeness (QED) is 0.633. The van der Waals surface area contributed by atoms with Gasteiger partial charge < -0.3 is 10.1 Å². The fourth-order valence-electron chi connectivity index (χ4n) is 2.12. The molecule has 0 radical (unpaired) electrons. The number of hydrogen-bond donors (Lipinski definition) is 1. The maximum atomic E-state index is 14.0. The number of ether oxygens (including phenoxy) is 1. The minimum absolute atomic E-state index is 0.0441. The largest absolute Gasteiger partial charge is 0.454 e. The number of nitrogens with one attached hydrogen (secondary N) is 1. The molecule has 2 aromatic carbocycles. The molecule has 1 heterocycles. The van der Waals surface area contributed by atoms with Crippen LogP contribution in [0.2, 0.25) is 4.47 Å². The van der Waals surface area contributed by atoms with Gasteiger partial charge in [-0.1, -0.05) is 11.6 Å². The summed E-state index contributed by atoms with van der Waals surface area (Å²) in [4.78, 5) is 4.88. The number of benzene rings is 2. The Morgan fingerprint density at radius 1 is 1.23 bits per heavy atom. The lowest BCUT2D eigenvalue weighted by Crippen LogP contribution is -1.99. The zero-order valence-corrected chi connectivity index (χ0v) is 16.0. The fourth-order valence-corrected chi connectivity index (χ4v) is 3.67. The maximum absolute atomic E-state index is 14.0. The van der Waals surface area contributed by atoms with Crippen LogP contribution in [0.4, 0.5) is 10.1 Å². The summed E-state index contributed by atoms with van der Waals surface area (Å²) in [6.45, 7) is 0.589. The molecule has 3 rings (SSSR count). The molecule has 5 nitrogen and oxygen atoms in total. The van der Waals surface area contributed by atoms with Crippen molar-refractivity contribution in [2.45, 2.75) is 11.4 Å². The molecular weight excluding hydrogens is 399 g/mol. The molecule has 0 bridgehead atoms. The molecular formula is C17H14ClFN2O3S2. The van der Waals surface area contributed by atoms with E-state index in [9.17, 15) is 12.8 Å². The normalized spacial score (nSPS) is 11.3. The molecule has 0 atom stereocenters. The van der Waals surface area contributed by atoms with Gasteiger partial charge in [0.05, 0.1) is 11.4 Å². The average molecular weight is 413 g/mol. The predicted molar refractivity (Wildman–Crippen MR) is 100 cm³/mol. The Morgan fingerprint density at radius 3 is 2.54 bits per heavy atom. The second-order valence-corrected chi connectivity index (χ2v) is 9.14. The first kappa shape index (κ1) is 18.6. The number of nitrogens with zero attached hydrogens (tertiary/aromatic N) is 1. The molecule has 0 aliphatic heterocycles. The van der Waals surface area contributed by atoms with E-state index in [0.717, 1.165) is 22.9 Å². The van der Waals surface area contributed by atoms with Crippen LogP contribution in [0.1, 0.15) is 4.88 Å². The second-order valence-electron chi connectivity index (χ2n) is 5.42. The van der Waals surface area contributed by atoms with Gasteiger partial charge in [0.15, 0.2) is 25.9 Å². The molecule has 136 valence electrons. The number of sulfone groups is 1. The Kier molecular flexibility index (Phi) is 5.45. The lowest BCUT2D eigenvalue weighted by molar-refractivity contribution is 0.441. The van der Waals surface area contributed by atoms with Crippen LogP contribution < -0.4 is 10.1 Å². The molecule has 0 aliphatic rings. The zero-order valence-electron chi connectivity index (χ0n) is 13.6. The summed E-state index contributed by atoms with van der Waals surface area (Å²) in [5, 5.41) is 3.22. The molecule has 0 amide bonds. The number of rotatable bonds is 6. The maximum Gasteiger partial charge on any atom is 0.183 e. The summed E-state index contributed by atoms with van der Waals surface area (Å²) < 4.78 is 42.9. The highest BCUT2D eigenvalue weighted by molar-refractivity contribution is 7.90. The summed E-state index contributed by atoms with van der Waals surface area (Å²) in [7, 11) is -3.46. The van der Waals surface area contributed by atoms with Gasteiger partial charge in [0.2, 0.25) is 0 Å². The van der Waals surface area contributed by atoms with E-state index in [-0.39, 0.29) is 10.6 Å². The van der Waals surface area contributed by atoms with Crippen molar-refractivity contribution in [2.24, 2.45) is 0 Å². The van der Waals surface area contributed by atoms with Crippen LogP contribution >= 0.6 is 22.9 Å². The molecule has 0 unspecified atom stereocenters. The summed E-state index contributed by atoms with van der Waals surface area (Å²) in [5.74, 6) is -0.350. The molecule has 0 fully saturated rings. The van der Waals surface area contributed by atoms with Crippen LogP contribution in [0.5, 0.6) is 11.5 Å². The van der Waals surface area contributed by atoms with E-state index in [1.807, 2.05) is 0 Å². The molecule has 0 saturated heterocycles. The van der Waals surface area contributed by atoms with Gasteiger partial charge in [-0.25, -0.2) is 17.8 Å². The van der Waals surface area contributed by atoms with Crippen molar-refractivity contribution in [1.82, 2.24) is 4.98 Å². The van der Waals surface area contributed by atoms with Crippen LogP contribution in [0.25, 0.3) is 0 Å². The molecule has 3 aromatic rings. The van der Waals surface area contributed by atoms with Crippen molar-refractivity contribution >= 4 is 38.5 Å². The van der Waals surface area contributed by atoms with Crippen molar-refractivity contribution in [3.8, 4) is 11.5 Å². The van der Waals surface area contributed by atoms with Crippen molar-refractivity contribution in [2.75, 3.05) is 11.6 Å². The fraction of sp³-hybridized carbons (Fsp3) is 0.118. The third-order valence-corrected chi connectivity index (χ3v) is 5.63. The highest BCUT2D eigenvalue weighted by Crippen LogP contribution is 2.27. The molecule has 9 heteroatoms. The van der Waals surface area contributed by atoms with Gasteiger partial charge in [-0.15, -0.1) is 11.3 Å². The standard InChI is InChI=1S/C17H14ClFN2O3S2/c1-26(22,23)14-6-7-16(15(19)8-14)24-12-4-2-11(3-5-12)20-9-13-10-21-17(18)25-13/h2-8,10,20H,9H2,1H3. The van der Waals surface area contributed by atoms with Gasteiger partial charge in [-0.2, -0.15) is 0 Å². The van der Waals surface area contributed by atoms with Crippen LogP contribution in [0.15, 0.2) is 53.6 Å². The van der Waals surface area contributed by atoms with Gasteiger partial charge in [0.1, 0.15) is 5.75 Å². The summed E-state index contributed by atoms with van der Waals surface area (Å²) >= 11 is 7.19. The molecule has 26 heavy (non-hydrogen) atoms. The minimum atomic E-state index is -3.46. The highest BCUT2D eigenvalue weighted by atomic mass is 35.5. The van der Waals surface area contributed by atoms with Gasteiger partial charge in [-0.05, 0) is 42.5 Å². The van der Waals surface area contributed by atoms with E-state index >= 15 is 0 Å². The van der Waals surface area contributed by atoms with E-state index in [4.69, 9.17) is 16.3 Å². The van der Waals surface area contributed by atoms with Gasteiger partial charge in [-0.3, -0.25) is 0 Å². The lowest BCUT2D eigenvalue weighted by Gasteiger charge is -2.09. The number of halogens is 2. The average Bonchev–Trinajstić information content (AvgIpc) is 3.00. The molecule has 0 spiro atoms. The Labute approximate surface area is 159 Å². The van der Waals surface area contributed by atoms with Gasteiger partial charge in [0.25, 0.3) is 0 Å². The van der Waals surface area contributed by atoms with Crippen molar-refractivity contribution in [3.63, 3.8) is 0 Å². The first-order valence-electron chi connectivity index (χ1n) is 7.43. The molecule has 0 aliphatic carbocycles. The predicted octanol–water partition coefficient (Wildman–Crippen LogP) is 4.74. The van der Waals surface area contributed by atoms with Crippen LogP contribution in [-0.4, -0.2) is 19.7 Å². The number of thiazole rings is 1. The second kappa shape index (κ2) is 7.61. The Morgan fingerprint density at radius 2 is 1.96 bits per heavy atom. The number of anilines is 1. The van der Waals surface area contributed by atoms with E-state index in [1.165, 1.54) is 23.5 Å². The Bertz CT molecular complexity index is 1020. The van der Waals surface area contributed by atoms with Gasteiger partial charge in [0, 0.05) is 23.0 Å².